The number of methoxy groups -OCH3 is 2. The number of aromatic nitrogens is 1. The summed E-state index contributed by atoms with van der Waals surface area (Å²) in [7, 11) is -1.51. The summed E-state index contributed by atoms with van der Waals surface area (Å²) >= 11 is 0. The predicted octanol–water partition coefficient (Wildman–Crippen LogP) is 4.83. The maximum absolute atomic E-state index is 15.6. The molecule has 1 aliphatic heterocycles. The van der Waals surface area contributed by atoms with Gasteiger partial charge in [0.25, 0.3) is 10.0 Å². The van der Waals surface area contributed by atoms with Crippen LogP contribution in [0.15, 0.2) is 75.0 Å². The fourth-order valence-corrected chi connectivity index (χ4v) is 6.21. The lowest BCUT2D eigenvalue weighted by Gasteiger charge is -2.32. The minimum Gasteiger partial charge on any atom is -0.497 e. The number of carboxylic acids is 1. The van der Waals surface area contributed by atoms with Gasteiger partial charge in [-0.25, -0.2) is 27.6 Å². The van der Waals surface area contributed by atoms with Gasteiger partial charge in [-0.3, -0.25) is 14.9 Å². The predicted molar refractivity (Wildman–Crippen MR) is 174 cm³/mol. The Labute approximate surface area is 273 Å². The number of pyridine rings is 1. The van der Waals surface area contributed by atoms with E-state index in [0.29, 0.717) is 5.75 Å². The first-order valence-electron chi connectivity index (χ1n) is 14.0. The van der Waals surface area contributed by atoms with Gasteiger partial charge in [0.1, 0.15) is 46.6 Å². The van der Waals surface area contributed by atoms with Gasteiger partial charge in [-0.15, -0.1) is 0 Å². The first kappa shape index (κ1) is 33.0. The van der Waals surface area contributed by atoms with Gasteiger partial charge in [0, 0.05) is 29.8 Å². The average molecular weight is 672 g/mol. The van der Waals surface area contributed by atoms with Crippen LogP contribution in [0.1, 0.15) is 29.8 Å². The third-order valence-electron chi connectivity index (χ3n) is 7.45. The summed E-state index contributed by atoms with van der Waals surface area (Å²) in [6.07, 6.45) is 1.16. The number of fused-ring (bicyclic) bond motifs is 2. The Morgan fingerprint density at radius 1 is 1.06 bits per heavy atom. The Hall–Kier alpha value is -6.39. The van der Waals surface area contributed by atoms with Gasteiger partial charge in [-0.1, -0.05) is 0 Å². The van der Waals surface area contributed by atoms with Crippen LogP contribution in [0.4, 0.5) is 21.5 Å². The smallest absolute Gasteiger partial charge is 0.341 e. The van der Waals surface area contributed by atoms with Crippen LogP contribution in [0.5, 0.6) is 11.5 Å². The normalized spacial score (nSPS) is 12.4. The van der Waals surface area contributed by atoms with Crippen LogP contribution >= 0.6 is 0 Å². The van der Waals surface area contributed by atoms with E-state index in [-0.39, 0.29) is 62.3 Å². The summed E-state index contributed by atoms with van der Waals surface area (Å²) in [6.45, 7) is 3.47. The number of nitrogens with zero attached hydrogens (tertiary/aromatic N) is 5. The zero-order chi connectivity index (χ0) is 34.9. The Morgan fingerprint density at radius 3 is 2.42 bits per heavy atom. The van der Waals surface area contributed by atoms with Crippen molar-refractivity contribution in [3.8, 4) is 23.6 Å². The van der Waals surface area contributed by atoms with Crippen LogP contribution in [0.2, 0.25) is 0 Å². The van der Waals surface area contributed by atoms with Crippen molar-refractivity contribution in [2.45, 2.75) is 25.3 Å². The molecule has 0 bridgehead atoms. The fraction of sp³-hybridized carbons (Fsp3) is 0.156. The fourth-order valence-electron chi connectivity index (χ4n) is 5.12. The monoisotopic (exact) mass is 671 g/mol. The Balaban J connectivity index is 1.63. The quantitative estimate of drug-likeness (QED) is 0.206. The molecule has 0 fully saturated rings. The minimum atomic E-state index is -4.30. The highest BCUT2D eigenvalue weighted by atomic mass is 32.2. The topological polar surface area (TPSA) is 199 Å². The zero-order valence-corrected chi connectivity index (χ0v) is 26.6. The maximum Gasteiger partial charge on any atom is 0.341 e. The molecule has 0 saturated heterocycles. The van der Waals surface area contributed by atoms with Crippen molar-refractivity contribution in [3.05, 3.63) is 87.5 Å². The second kappa shape index (κ2) is 12.8. The van der Waals surface area contributed by atoms with Gasteiger partial charge < -0.3 is 19.1 Å². The van der Waals surface area contributed by atoms with Gasteiger partial charge in [0.2, 0.25) is 5.43 Å². The van der Waals surface area contributed by atoms with E-state index >= 15 is 4.39 Å². The zero-order valence-electron chi connectivity index (χ0n) is 25.8. The van der Waals surface area contributed by atoms with Gasteiger partial charge in [0.05, 0.1) is 41.7 Å². The molecule has 4 aromatic rings. The molecule has 0 spiro atoms. The van der Waals surface area contributed by atoms with E-state index < -0.39 is 38.4 Å². The molecular formula is C32H26FN7O7S. The molecule has 3 aromatic carbocycles. The number of sulfonamides is 1. The summed E-state index contributed by atoms with van der Waals surface area (Å²) in [4.78, 5) is 28.7. The molecule has 0 amide bonds. The SMILES string of the molecule is CCn1cc(C(=O)O)c(=O)c2cc(F)c(NN3C(C)=Nc4ccc(S(=O)(=O)Nc5cc(OC)ccc5OC)cc4C3=C(C#N)C#N)cc21. The molecule has 0 unspecified atom stereocenters. The van der Waals surface area contributed by atoms with E-state index in [1.54, 1.807) is 25.1 Å². The van der Waals surface area contributed by atoms with Crippen molar-refractivity contribution < 1.29 is 32.2 Å². The van der Waals surface area contributed by atoms with Crippen molar-refractivity contribution in [1.29, 1.82) is 10.5 Å². The molecule has 0 saturated carbocycles. The molecule has 5 rings (SSSR count). The number of nitrogens with one attached hydrogen (secondary N) is 2. The number of aromatic carboxylic acids is 1. The highest BCUT2D eigenvalue weighted by molar-refractivity contribution is 7.92. The number of nitriles is 2. The van der Waals surface area contributed by atoms with Crippen LogP contribution in [0.3, 0.4) is 0 Å². The molecule has 2 heterocycles. The lowest BCUT2D eigenvalue weighted by atomic mass is 10.0. The number of anilines is 2. The molecule has 48 heavy (non-hydrogen) atoms. The standard InChI is InChI=1S/C32H26FN7O7S/c1-5-39-16-23(32(42)43)31(41)22-12-24(33)26(13-28(22)39)37-40-17(2)36-25-8-7-20(11-21(25)30(40)18(14-34)15-35)48(44,45)38-27-10-19(46-3)6-9-29(27)47-4/h6-13,16,37-38H,5H2,1-4H3,(H,42,43). The summed E-state index contributed by atoms with van der Waals surface area (Å²) < 4.78 is 57.2. The minimum absolute atomic E-state index is 0.0597. The number of hydrazine groups is 1. The van der Waals surface area contributed by atoms with E-state index in [9.17, 15) is 33.6 Å². The van der Waals surface area contributed by atoms with E-state index in [4.69, 9.17) is 9.47 Å². The van der Waals surface area contributed by atoms with Crippen molar-refractivity contribution in [2.24, 2.45) is 4.99 Å². The van der Waals surface area contributed by atoms with Gasteiger partial charge in [-0.2, -0.15) is 10.5 Å². The number of hydrogen-bond acceptors (Lipinski definition) is 11. The summed E-state index contributed by atoms with van der Waals surface area (Å²) in [6, 6.07) is 14.2. The highest BCUT2D eigenvalue weighted by Gasteiger charge is 2.30. The van der Waals surface area contributed by atoms with E-state index in [0.717, 1.165) is 17.3 Å². The van der Waals surface area contributed by atoms with Crippen molar-refractivity contribution in [3.63, 3.8) is 0 Å². The third kappa shape index (κ3) is 5.83. The number of aliphatic imine (C=N–C) groups is 1. The molecule has 1 aliphatic rings. The number of carboxylic acid groups (broad SMARTS) is 1. The first-order chi connectivity index (χ1) is 22.9. The number of amidine groups is 1. The Morgan fingerprint density at radius 2 is 1.79 bits per heavy atom. The number of rotatable bonds is 9. The number of allylic oxidation sites excluding steroid dienone is 1. The molecule has 1 aromatic heterocycles. The van der Waals surface area contributed by atoms with Crippen LogP contribution in [0, 0.1) is 28.5 Å². The van der Waals surface area contributed by atoms with Gasteiger partial charge in [-0.05, 0) is 56.3 Å². The van der Waals surface area contributed by atoms with Crippen molar-refractivity contribution in [1.82, 2.24) is 9.58 Å². The lowest BCUT2D eigenvalue weighted by Crippen LogP contribution is -2.36. The summed E-state index contributed by atoms with van der Waals surface area (Å²) in [5.74, 6) is -1.67. The summed E-state index contributed by atoms with van der Waals surface area (Å²) in [5.41, 5.74) is 1.21. The number of ether oxygens (including phenoxy) is 2. The molecular weight excluding hydrogens is 645 g/mol. The average Bonchev–Trinajstić information content (AvgIpc) is 3.06. The molecule has 0 atom stereocenters. The molecule has 3 N–H and O–H groups in total. The van der Waals surface area contributed by atoms with Crippen molar-refractivity contribution in [2.75, 3.05) is 24.4 Å². The Bertz CT molecular complexity index is 2320. The number of hydrogen-bond donors (Lipinski definition) is 3. The number of aryl methyl sites for hydroxylation is 1. The number of carbonyl (C=O) groups is 1. The van der Waals surface area contributed by atoms with Crippen LogP contribution in [0.25, 0.3) is 16.6 Å². The van der Waals surface area contributed by atoms with Crippen LogP contribution in [-0.2, 0) is 16.6 Å². The molecule has 0 aliphatic carbocycles. The summed E-state index contributed by atoms with van der Waals surface area (Å²) in [5, 5.41) is 30.3. The largest absolute Gasteiger partial charge is 0.497 e. The first-order valence-corrected chi connectivity index (χ1v) is 15.5. The number of benzene rings is 3. The number of halogens is 1. The highest BCUT2D eigenvalue weighted by Crippen LogP contribution is 2.39. The second-order valence-electron chi connectivity index (χ2n) is 10.2. The van der Waals surface area contributed by atoms with E-state index in [1.807, 2.05) is 0 Å². The van der Waals surface area contributed by atoms with Gasteiger partial charge >= 0.3 is 5.97 Å². The molecule has 0 radical (unpaired) electrons. The molecule has 16 heteroatoms. The van der Waals surface area contributed by atoms with Gasteiger partial charge in [0.15, 0.2) is 5.57 Å². The lowest BCUT2D eigenvalue weighted by molar-refractivity contribution is 0.0694. The van der Waals surface area contributed by atoms with Crippen molar-refractivity contribution >= 4 is 55.5 Å². The Kier molecular flexibility index (Phi) is 8.78. The third-order valence-corrected chi connectivity index (χ3v) is 8.81. The maximum atomic E-state index is 15.6. The molecule has 14 nitrogen and oxygen atoms in total. The second-order valence-corrected chi connectivity index (χ2v) is 11.9. The van der Waals surface area contributed by atoms with E-state index in [1.165, 1.54) is 62.1 Å². The van der Waals surface area contributed by atoms with Crippen LogP contribution in [-0.4, -0.2) is 49.1 Å². The molecule has 244 valence electrons. The van der Waals surface area contributed by atoms with Crippen LogP contribution < -0.4 is 25.1 Å². The van der Waals surface area contributed by atoms with E-state index in [2.05, 4.69) is 15.1 Å².